The first-order valence-corrected chi connectivity index (χ1v) is 5.63. The predicted octanol–water partition coefficient (Wildman–Crippen LogP) is 2.07. The molecular weight excluding hydrogens is 188 g/mol. The lowest BCUT2D eigenvalue weighted by Crippen LogP contribution is -2.22. The summed E-state index contributed by atoms with van der Waals surface area (Å²) in [6, 6.07) is 1.97. The highest BCUT2D eigenvalue weighted by molar-refractivity contribution is 5.09. The molecule has 0 aromatic carbocycles. The third-order valence-electron chi connectivity index (χ3n) is 3.01. The molecule has 2 atom stereocenters. The van der Waals surface area contributed by atoms with Crippen LogP contribution in [0, 0.1) is 6.20 Å². The Kier molecular flexibility index (Phi) is 2.59. The summed E-state index contributed by atoms with van der Waals surface area (Å²) in [5.74, 6) is 0.430. The monoisotopic (exact) mass is 207 g/mol. The second-order valence-corrected chi connectivity index (χ2v) is 5.44. The molecule has 2 rings (SSSR count). The van der Waals surface area contributed by atoms with Crippen molar-refractivity contribution in [3.63, 3.8) is 0 Å². The van der Waals surface area contributed by atoms with Crippen LogP contribution >= 0.6 is 0 Å². The maximum absolute atomic E-state index is 9.48. The van der Waals surface area contributed by atoms with E-state index in [9.17, 15) is 5.11 Å². The van der Waals surface area contributed by atoms with Crippen LogP contribution in [0.5, 0.6) is 0 Å². The van der Waals surface area contributed by atoms with Gasteiger partial charge >= 0.3 is 0 Å². The van der Waals surface area contributed by atoms with Crippen molar-refractivity contribution >= 4 is 0 Å². The molecule has 1 fully saturated rings. The van der Waals surface area contributed by atoms with Gasteiger partial charge < -0.3 is 5.11 Å². The van der Waals surface area contributed by atoms with Crippen molar-refractivity contribution in [2.45, 2.75) is 57.6 Å². The van der Waals surface area contributed by atoms with E-state index in [1.165, 1.54) is 0 Å². The molecule has 1 aliphatic rings. The molecule has 0 spiro atoms. The van der Waals surface area contributed by atoms with Crippen LogP contribution in [0.1, 0.15) is 51.6 Å². The zero-order valence-electron chi connectivity index (χ0n) is 9.70. The maximum atomic E-state index is 9.48. The zero-order chi connectivity index (χ0) is 11.1. The molecule has 1 aromatic heterocycles. The Hall–Kier alpha value is -0.830. The van der Waals surface area contributed by atoms with Gasteiger partial charge in [0.15, 0.2) is 0 Å². The number of hydrogen-bond acceptors (Lipinski definition) is 2. The standard InChI is InChI=1S/C12H19N2O/c1-12(2,3)14-7-6-11(13-14)9-4-5-10(15)8-9/h6,9-10,15H,4-5,8H2,1-3H3/t9-,10+/m0/s1. The molecule has 0 bridgehead atoms. The van der Waals surface area contributed by atoms with Gasteiger partial charge in [0.1, 0.15) is 0 Å². The molecule has 3 nitrogen and oxygen atoms in total. The summed E-state index contributed by atoms with van der Waals surface area (Å²) in [5.41, 5.74) is 1.08. The van der Waals surface area contributed by atoms with Crippen molar-refractivity contribution in [1.82, 2.24) is 9.78 Å². The third kappa shape index (κ3) is 2.23. The van der Waals surface area contributed by atoms with Crippen molar-refractivity contribution in [2.24, 2.45) is 0 Å². The first-order chi connectivity index (χ1) is 6.97. The molecule has 1 aliphatic carbocycles. The highest BCUT2D eigenvalue weighted by atomic mass is 16.3. The number of nitrogens with zero attached hydrogens (tertiary/aromatic N) is 2. The SMILES string of the molecule is CC(C)(C)n1[c]cc([C@H]2CC[C@@H](O)C2)n1. The Morgan fingerprint density at radius 1 is 1.47 bits per heavy atom. The van der Waals surface area contributed by atoms with Gasteiger partial charge in [-0.15, -0.1) is 0 Å². The number of aromatic nitrogens is 2. The predicted molar refractivity (Wildman–Crippen MR) is 58.7 cm³/mol. The minimum atomic E-state index is -0.130. The molecule has 15 heavy (non-hydrogen) atoms. The second-order valence-electron chi connectivity index (χ2n) is 5.44. The van der Waals surface area contributed by atoms with Gasteiger partial charge in [0, 0.05) is 5.92 Å². The van der Waals surface area contributed by atoms with Crippen molar-refractivity contribution < 1.29 is 5.11 Å². The van der Waals surface area contributed by atoms with Crippen molar-refractivity contribution in [3.8, 4) is 0 Å². The number of hydrogen-bond donors (Lipinski definition) is 1. The van der Waals surface area contributed by atoms with Gasteiger partial charge in [-0.25, -0.2) is 0 Å². The summed E-state index contributed by atoms with van der Waals surface area (Å²) in [7, 11) is 0. The quantitative estimate of drug-likeness (QED) is 0.765. The van der Waals surface area contributed by atoms with E-state index in [-0.39, 0.29) is 11.6 Å². The van der Waals surface area contributed by atoms with Gasteiger partial charge in [0.2, 0.25) is 0 Å². The van der Waals surface area contributed by atoms with Crippen molar-refractivity contribution in [1.29, 1.82) is 0 Å². The molecule has 83 valence electrons. The average Bonchev–Trinajstić information content (AvgIpc) is 2.69. The Labute approximate surface area is 91.1 Å². The molecule has 0 unspecified atom stereocenters. The van der Waals surface area contributed by atoms with E-state index in [0.717, 1.165) is 25.0 Å². The van der Waals surface area contributed by atoms with Crippen LogP contribution in [0.25, 0.3) is 0 Å². The Bertz CT molecular complexity index is 338. The Morgan fingerprint density at radius 3 is 2.67 bits per heavy atom. The second kappa shape index (κ2) is 3.63. The van der Waals surface area contributed by atoms with Crippen LogP contribution < -0.4 is 0 Å². The van der Waals surface area contributed by atoms with E-state index in [0.29, 0.717) is 5.92 Å². The van der Waals surface area contributed by atoms with Crippen LogP contribution in [-0.4, -0.2) is 21.0 Å². The van der Waals surface area contributed by atoms with E-state index < -0.39 is 0 Å². The first-order valence-electron chi connectivity index (χ1n) is 5.63. The highest BCUT2D eigenvalue weighted by Crippen LogP contribution is 2.33. The van der Waals surface area contributed by atoms with Gasteiger partial charge in [0.05, 0.1) is 23.5 Å². The lowest BCUT2D eigenvalue weighted by molar-refractivity contribution is 0.181. The highest BCUT2D eigenvalue weighted by Gasteiger charge is 2.26. The Balaban J connectivity index is 2.14. The van der Waals surface area contributed by atoms with Crippen LogP contribution in [0.15, 0.2) is 6.07 Å². The largest absolute Gasteiger partial charge is 0.393 e. The fraction of sp³-hybridized carbons (Fsp3) is 0.750. The normalized spacial score (nSPS) is 27.2. The average molecular weight is 207 g/mol. The Morgan fingerprint density at radius 2 is 2.20 bits per heavy atom. The molecule has 1 aromatic rings. The summed E-state index contributed by atoms with van der Waals surface area (Å²) < 4.78 is 1.88. The molecular formula is C12H19N2O. The van der Waals surface area contributed by atoms with Gasteiger partial charge in [-0.2, -0.15) is 5.10 Å². The summed E-state index contributed by atoms with van der Waals surface area (Å²) in [5, 5.41) is 14.0. The molecule has 1 radical (unpaired) electrons. The van der Waals surface area contributed by atoms with Crippen molar-refractivity contribution in [3.05, 3.63) is 18.0 Å². The maximum Gasteiger partial charge on any atom is 0.0872 e. The summed E-state index contributed by atoms with van der Waals surface area (Å²) in [4.78, 5) is 0. The topological polar surface area (TPSA) is 38.0 Å². The fourth-order valence-corrected chi connectivity index (χ4v) is 2.07. The molecule has 1 heterocycles. The lowest BCUT2D eigenvalue weighted by atomic mass is 10.0. The summed E-state index contributed by atoms with van der Waals surface area (Å²) >= 11 is 0. The van der Waals surface area contributed by atoms with E-state index >= 15 is 0 Å². The van der Waals surface area contributed by atoms with E-state index in [1.807, 2.05) is 10.7 Å². The summed E-state index contributed by atoms with van der Waals surface area (Å²) in [6.07, 6.45) is 5.85. The van der Waals surface area contributed by atoms with Gasteiger partial charge in [-0.1, -0.05) is 0 Å². The lowest BCUT2D eigenvalue weighted by Gasteiger charge is -2.18. The molecule has 0 saturated heterocycles. The third-order valence-corrected chi connectivity index (χ3v) is 3.01. The molecule has 1 N–H and O–H groups in total. The summed E-state index contributed by atoms with van der Waals surface area (Å²) in [6.45, 7) is 6.34. The minimum absolute atomic E-state index is 0.00449. The number of aliphatic hydroxyl groups excluding tert-OH is 1. The smallest absolute Gasteiger partial charge is 0.0872 e. The number of rotatable bonds is 1. The molecule has 0 aliphatic heterocycles. The van der Waals surface area contributed by atoms with Crippen LogP contribution in [-0.2, 0) is 5.54 Å². The number of aliphatic hydroxyl groups is 1. The van der Waals surface area contributed by atoms with Gasteiger partial charge in [-0.05, 0) is 46.1 Å². The van der Waals surface area contributed by atoms with Gasteiger partial charge in [0.25, 0.3) is 0 Å². The first kappa shape index (κ1) is 10.7. The van der Waals surface area contributed by atoms with E-state index in [4.69, 9.17) is 0 Å². The zero-order valence-corrected chi connectivity index (χ0v) is 9.70. The molecule has 3 heteroatoms. The molecule has 1 saturated carbocycles. The van der Waals surface area contributed by atoms with E-state index in [1.54, 1.807) is 0 Å². The fourth-order valence-electron chi connectivity index (χ4n) is 2.07. The van der Waals surface area contributed by atoms with Crippen LogP contribution in [0.2, 0.25) is 0 Å². The van der Waals surface area contributed by atoms with Crippen molar-refractivity contribution in [2.75, 3.05) is 0 Å². The minimum Gasteiger partial charge on any atom is -0.393 e. The molecule has 0 amide bonds. The van der Waals surface area contributed by atoms with Gasteiger partial charge in [-0.3, -0.25) is 4.68 Å². The van der Waals surface area contributed by atoms with Crippen LogP contribution in [0.3, 0.4) is 0 Å². The van der Waals surface area contributed by atoms with Crippen LogP contribution in [0.4, 0.5) is 0 Å². The van der Waals surface area contributed by atoms with E-state index in [2.05, 4.69) is 32.1 Å².